The molecule has 20 heavy (non-hydrogen) atoms. The van der Waals surface area contributed by atoms with E-state index in [1.807, 2.05) is 11.4 Å². The van der Waals surface area contributed by atoms with Gasteiger partial charge in [0.1, 0.15) is 0 Å². The number of benzene rings is 1. The lowest BCUT2D eigenvalue weighted by Gasteiger charge is -2.01. The number of halogens is 2. The lowest BCUT2D eigenvalue weighted by molar-refractivity contribution is 0.0600. The SMILES string of the molecule is COC(=O)c1ccc(N)c(I)c1.[C-]#[N+]c1sccc1Br. The number of nitrogens with two attached hydrogens (primary N) is 1. The lowest BCUT2D eigenvalue weighted by Crippen LogP contribution is -2.02. The Morgan fingerprint density at radius 2 is 2.20 bits per heavy atom. The molecule has 0 aliphatic carbocycles. The summed E-state index contributed by atoms with van der Waals surface area (Å²) in [4.78, 5) is 14.3. The van der Waals surface area contributed by atoms with E-state index in [9.17, 15) is 4.79 Å². The van der Waals surface area contributed by atoms with Gasteiger partial charge in [0.2, 0.25) is 0 Å². The maximum absolute atomic E-state index is 11.0. The molecule has 0 aliphatic rings. The van der Waals surface area contributed by atoms with Crippen molar-refractivity contribution in [3.8, 4) is 0 Å². The first-order valence-corrected chi connectivity index (χ1v) is 7.98. The molecule has 4 nitrogen and oxygen atoms in total. The number of carbonyl (C=O) groups is 1. The maximum Gasteiger partial charge on any atom is 0.337 e. The zero-order chi connectivity index (χ0) is 15.1. The predicted octanol–water partition coefficient (Wildman–Crippen LogP) is 4.72. The van der Waals surface area contributed by atoms with Crippen LogP contribution in [-0.4, -0.2) is 13.1 Å². The highest BCUT2D eigenvalue weighted by Gasteiger charge is 2.05. The second-order valence-corrected chi connectivity index (χ2v) is 6.32. The van der Waals surface area contributed by atoms with Crippen molar-refractivity contribution in [3.05, 3.63) is 54.7 Å². The minimum atomic E-state index is -0.340. The van der Waals surface area contributed by atoms with Gasteiger partial charge in [0, 0.05) is 13.7 Å². The van der Waals surface area contributed by atoms with Crippen molar-refractivity contribution in [2.24, 2.45) is 0 Å². The number of methoxy groups -OCH3 is 1. The van der Waals surface area contributed by atoms with Crippen LogP contribution >= 0.6 is 49.9 Å². The summed E-state index contributed by atoms with van der Waals surface area (Å²) in [6, 6.07) is 6.90. The molecule has 0 radical (unpaired) electrons. The number of nitrogen functional groups attached to an aromatic ring is 1. The number of hydrogen-bond acceptors (Lipinski definition) is 4. The van der Waals surface area contributed by atoms with Gasteiger partial charge in [-0.3, -0.25) is 0 Å². The number of thiophene rings is 1. The molecule has 2 N–H and O–H groups in total. The molecule has 0 bridgehead atoms. The Bertz CT molecular complexity index is 652. The summed E-state index contributed by atoms with van der Waals surface area (Å²) in [5.74, 6) is -0.340. The highest BCUT2D eigenvalue weighted by Crippen LogP contribution is 2.30. The summed E-state index contributed by atoms with van der Waals surface area (Å²) < 4.78 is 6.31. The van der Waals surface area contributed by atoms with Crippen LogP contribution in [0.25, 0.3) is 4.85 Å². The maximum atomic E-state index is 11.0. The van der Waals surface area contributed by atoms with Crippen LogP contribution in [0.2, 0.25) is 0 Å². The first kappa shape index (κ1) is 16.9. The molecule has 0 atom stereocenters. The molecule has 0 unspecified atom stereocenters. The third-order valence-corrected chi connectivity index (χ3v) is 4.76. The molecule has 1 heterocycles. The zero-order valence-electron chi connectivity index (χ0n) is 10.4. The Hall–Kier alpha value is -1.11. The highest BCUT2D eigenvalue weighted by molar-refractivity contribution is 14.1. The third kappa shape index (κ3) is 4.77. The van der Waals surface area contributed by atoms with Gasteiger partial charge in [0.15, 0.2) is 0 Å². The monoisotopic (exact) mass is 464 g/mol. The van der Waals surface area contributed by atoms with Crippen LogP contribution in [0.5, 0.6) is 0 Å². The predicted molar refractivity (Wildman–Crippen MR) is 93.2 cm³/mol. The van der Waals surface area contributed by atoms with Crippen molar-refractivity contribution in [1.82, 2.24) is 0 Å². The van der Waals surface area contributed by atoms with Gasteiger partial charge in [-0.25, -0.2) is 9.64 Å². The van der Waals surface area contributed by atoms with Gasteiger partial charge >= 0.3 is 5.97 Å². The van der Waals surface area contributed by atoms with E-state index in [2.05, 4.69) is 48.1 Å². The molecule has 0 saturated heterocycles. The van der Waals surface area contributed by atoms with Crippen molar-refractivity contribution >= 4 is 66.5 Å². The topological polar surface area (TPSA) is 56.7 Å². The summed E-state index contributed by atoms with van der Waals surface area (Å²) in [6.07, 6.45) is 0. The highest BCUT2D eigenvalue weighted by atomic mass is 127. The fourth-order valence-corrected chi connectivity index (χ4v) is 2.90. The summed E-state index contributed by atoms with van der Waals surface area (Å²) in [7, 11) is 1.35. The zero-order valence-corrected chi connectivity index (χ0v) is 15.0. The van der Waals surface area contributed by atoms with Gasteiger partial charge in [-0.2, -0.15) is 11.3 Å². The van der Waals surface area contributed by atoms with Crippen molar-refractivity contribution in [2.45, 2.75) is 0 Å². The van der Waals surface area contributed by atoms with Crippen LogP contribution in [0.3, 0.4) is 0 Å². The van der Waals surface area contributed by atoms with Gasteiger partial charge in [0.05, 0.1) is 19.2 Å². The second-order valence-electron chi connectivity index (χ2n) is 3.41. The van der Waals surface area contributed by atoms with Crippen molar-refractivity contribution in [2.75, 3.05) is 12.8 Å². The van der Waals surface area contributed by atoms with E-state index in [0.717, 1.165) is 13.0 Å². The molecule has 2 rings (SSSR count). The van der Waals surface area contributed by atoms with E-state index in [1.165, 1.54) is 18.4 Å². The van der Waals surface area contributed by atoms with E-state index in [1.54, 1.807) is 18.2 Å². The van der Waals surface area contributed by atoms with Gasteiger partial charge < -0.3 is 10.5 Å². The standard InChI is InChI=1S/C8H8INO2.C5H2BrNS/c1-12-8(11)5-2-3-7(10)6(9)4-5;1-7-5-4(6)2-3-8-5/h2-4H,10H2,1H3;2-3H. The van der Waals surface area contributed by atoms with Gasteiger partial charge in [-0.05, 0) is 52.2 Å². The Morgan fingerprint density at radius 3 is 2.60 bits per heavy atom. The first-order valence-electron chi connectivity index (χ1n) is 5.23. The number of carbonyl (C=O) groups excluding carboxylic acids is 1. The molecule has 1 aromatic heterocycles. The molecule has 0 spiro atoms. The summed E-state index contributed by atoms with van der Waals surface area (Å²) in [6.45, 7) is 6.61. The second kappa shape index (κ2) is 8.24. The molecule has 104 valence electrons. The first-order chi connectivity index (χ1) is 9.49. The molecule has 0 saturated carbocycles. The lowest BCUT2D eigenvalue weighted by atomic mass is 10.2. The minimum Gasteiger partial charge on any atom is -0.465 e. The smallest absolute Gasteiger partial charge is 0.337 e. The van der Waals surface area contributed by atoms with E-state index in [4.69, 9.17) is 12.3 Å². The van der Waals surface area contributed by atoms with Crippen molar-refractivity contribution in [1.29, 1.82) is 0 Å². The van der Waals surface area contributed by atoms with Crippen LogP contribution in [0.1, 0.15) is 10.4 Å². The molecule has 1 aromatic carbocycles. The quantitative estimate of drug-likeness (QED) is 0.287. The van der Waals surface area contributed by atoms with E-state index in [-0.39, 0.29) is 5.97 Å². The molecular weight excluding hydrogens is 455 g/mol. The van der Waals surface area contributed by atoms with Gasteiger partial charge in [-0.1, -0.05) is 15.9 Å². The molecule has 0 aliphatic heterocycles. The number of anilines is 1. The van der Waals surface area contributed by atoms with Crippen molar-refractivity contribution in [3.63, 3.8) is 0 Å². The average molecular weight is 465 g/mol. The number of hydrogen-bond donors (Lipinski definition) is 1. The summed E-state index contributed by atoms with van der Waals surface area (Å²) >= 11 is 6.74. The third-order valence-electron chi connectivity index (χ3n) is 2.12. The van der Waals surface area contributed by atoms with E-state index >= 15 is 0 Å². The molecular formula is C13H10BrIN2O2S. The Balaban J connectivity index is 0.000000217. The Morgan fingerprint density at radius 1 is 1.50 bits per heavy atom. The largest absolute Gasteiger partial charge is 0.465 e. The molecule has 0 fully saturated rings. The van der Waals surface area contributed by atoms with E-state index in [0.29, 0.717) is 11.3 Å². The Labute approximate surface area is 143 Å². The minimum absolute atomic E-state index is 0.340. The van der Waals surface area contributed by atoms with Crippen LogP contribution < -0.4 is 5.73 Å². The normalized spacial score (nSPS) is 9.10. The Kier molecular flexibility index (Phi) is 6.98. The van der Waals surface area contributed by atoms with Gasteiger partial charge in [-0.15, -0.1) is 0 Å². The van der Waals surface area contributed by atoms with Gasteiger partial charge in [0.25, 0.3) is 5.00 Å². The van der Waals surface area contributed by atoms with Crippen molar-refractivity contribution < 1.29 is 9.53 Å². The number of ether oxygens (including phenoxy) is 1. The average Bonchev–Trinajstić information content (AvgIpc) is 2.87. The molecule has 0 amide bonds. The van der Waals surface area contributed by atoms with Crippen LogP contribution in [-0.2, 0) is 4.74 Å². The molecule has 2 aromatic rings. The summed E-state index contributed by atoms with van der Waals surface area (Å²) in [5.41, 5.74) is 6.76. The fraction of sp³-hybridized carbons (Fsp3) is 0.0769. The number of esters is 1. The van der Waals surface area contributed by atoms with Crippen LogP contribution in [0.4, 0.5) is 10.7 Å². The number of rotatable bonds is 1. The van der Waals surface area contributed by atoms with Crippen LogP contribution in [0, 0.1) is 10.1 Å². The summed E-state index contributed by atoms with van der Waals surface area (Å²) in [5, 5.41) is 2.61. The fourth-order valence-electron chi connectivity index (χ4n) is 1.14. The van der Waals surface area contributed by atoms with Crippen LogP contribution in [0.15, 0.2) is 34.1 Å². The molecule has 7 heteroatoms. The number of nitrogens with zero attached hydrogens (tertiary/aromatic N) is 1. The van der Waals surface area contributed by atoms with E-state index < -0.39 is 0 Å².